The molecule has 0 bridgehead atoms. The fourth-order valence-corrected chi connectivity index (χ4v) is 2.98. The Morgan fingerprint density at radius 3 is 2.91 bits per heavy atom. The zero-order chi connectivity index (χ0) is 16.1. The van der Waals surface area contributed by atoms with Crippen LogP contribution in [0.1, 0.15) is 5.56 Å². The molecular weight excluding hydrogens is 316 g/mol. The lowest BCUT2D eigenvalue weighted by Crippen LogP contribution is -2.36. The number of methoxy groups -OCH3 is 1. The molecule has 0 radical (unpaired) electrons. The maximum Gasteiger partial charge on any atom is 0.236 e. The predicted octanol–water partition coefficient (Wildman–Crippen LogP) is 1.08. The standard InChI is InChI=1S/C15H18N4O3S/c1-21-13-8-12(19-4-6-22-7-5-19)3-2-11(13)9-16-18-15-17-14(20)10-23-15/h2-3,8-9H,4-7,10H2,1H3,(H,17,18,20). The number of amides is 1. The number of amidine groups is 1. The molecule has 0 atom stereocenters. The minimum Gasteiger partial charge on any atom is -0.496 e. The van der Waals surface area contributed by atoms with Gasteiger partial charge in [0.15, 0.2) is 5.17 Å². The van der Waals surface area contributed by atoms with Crippen LogP contribution < -0.4 is 15.0 Å². The number of thioether (sulfide) groups is 1. The van der Waals surface area contributed by atoms with Gasteiger partial charge in [-0.25, -0.2) is 0 Å². The lowest BCUT2D eigenvalue weighted by Gasteiger charge is -2.29. The molecule has 122 valence electrons. The molecule has 1 N–H and O–H groups in total. The first kappa shape index (κ1) is 15.8. The number of anilines is 1. The summed E-state index contributed by atoms with van der Waals surface area (Å²) in [5, 5.41) is 11.2. The molecule has 0 spiro atoms. The van der Waals surface area contributed by atoms with E-state index in [1.807, 2.05) is 18.2 Å². The van der Waals surface area contributed by atoms with Crippen LogP contribution in [0.15, 0.2) is 28.4 Å². The maximum atomic E-state index is 11.1. The van der Waals surface area contributed by atoms with Crippen molar-refractivity contribution in [1.82, 2.24) is 5.32 Å². The van der Waals surface area contributed by atoms with Crippen LogP contribution in [0.3, 0.4) is 0 Å². The lowest BCUT2D eigenvalue weighted by atomic mass is 10.1. The van der Waals surface area contributed by atoms with Gasteiger partial charge in [0.25, 0.3) is 0 Å². The van der Waals surface area contributed by atoms with Crippen LogP contribution in [0.2, 0.25) is 0 Å². The third-order valence-corrected chi connectivity index (χ3v) is 4.39. The van der Waals surface area contributed by atoms with Gasteiger partial charge in [-0.2, -0.15) is 5.10 Å². The topological polar surface area (TPSA) is 75.5 Å². The van der Waals surface area contributed by atoms with Gasteiger partial charge in [-0.3, -0.25) is 4.79 Å². The fourth-order valence-electron chi connectivity index (χ4n) is 2.35. The van der Waals surface area contributed by atoms with Gasteiger partial charge >= 0.3 is 0 Å². The highest BCUT2D eigenvalue weighted by molar-refractivity contribution is 8.15. The largest absolute Gasteiger partial charge is 0.496 e. The number of morpholine rings is 1. The summed E-state index contributed by atoms with van der Waals surface area (Å²) in [4.78, 5) is 13.3. The minimum absolute atomic E-state index is 0.0450. The van der Waals surface area contributed by atoms with Crippen molar-refractivity contribution in [1.29, 1.82) is 0 Å². The third-order valence-electron chi connectivity index (χ3n) is 3.53. The molecule has 2 saturated heterocycles. The number of carbonyl (C=O) groups is 1. The average Bonchev–Trinajstić information content (AvgIpc) is 3.01. The van der Waals surface area contributed by atoms with Crippen molar-refractivity contribution >= 4 is 34.7 Å². The van der Waals surface area contributed by atoms with Gasteiger partial charge in [-0.15, -0.1) is 5.10 Å². The van der Waals surface area contributed by atoms with Crippen LogP contribution in [-0.2, 0) is 9.53 Å². The molecule has 1 aromatic carbocycles. The number of ether oxygens (including phenoxy) is 2. The SMILES string of the molecule is COc1cc(N2CCOCC2)ccc1C=NN=C1NC(=O)CS1. The van der Waals surface area contributed by atoms with E-state index in [-0.39, 0.29) is 5.91 Å². The van der Waals surface area contributed by atoms with Crippen molar-refractivity contribution < 1.29 is 14.3 Å². The minimum atomic E-state index is -0.0450. The summed E-state index contributed by atoms with van der Waals surface area (Å²) in [5.41, 5.74) is 1.94. The number of nitrogens with zero attached hydrogens (tertiary/aromatic N) is 3. The fraction of sp³-hybridized carbons (Fsp3) is 0.400. The zero-order valence-electron chi connectivity index (χ0n) is 12.8. The summed E-state index contributed by atoms with van der Waals surface area (Å²) in [6.45, 7) is 3.24. The van der Waals surface area contributed by atoms with Gasteiger partial charge in [0.2, 0.25) is 5.91 Å². The van der Waals surface area contributed by atoms with Gasteiger partial charge in [-0.1, -0.05) is 11.8 Å². The van der Waals surface area contributed by atoms with Crippen LogP contribution in [0.4, 0.5) is 5.69 Å². The molecular formula is C15H18N4O3S. The molecule has 2 heterocycles. The smallest absolute Gasteiger partial charge is 0.236 e. The Hall–Kier alpha value is -2.06. The number of hydrogen-bond acceptors (Lipinski definition) is 7. The average molecular weight is 334 g/mol. The zero-order valence-corrected chi connectivity index (χ0v) is 13.6. The number of hydrogen-bond donors (Lipinski definition) is 1. The number of benzene rings is 1. The molecule has 2 aliphatic heterocycles. The molecule has 2 aliphatic rings. The predicted molar refractivity (Wildman–Crippen MR) is 91.7 cm³/mol. The van der Waals surface area contributed by atoms with Crippen molar-refractivity contribution in [2.45, 2.75) is 0 Å². The number of nitrogens with one attached hydrogen (secondary N) is 1. The number of rotatable bonds is 4. The van der Waals surface area contributed by atoms with E-state index in [1.54, 1.807) is 13.3 Å². The van der Waals surface area contributed by atoms with Crippen molar-refractivity contribution in [3.05, 3.63) is 23.8 Å². The van der Waals surface area contributed by atoms with Gasteiger partial charge < -0.3 is 19.7 Å². The first-order chi connectivity index (χ1) is 11.3. The molecule has 0 saturated carbocycles. The van der Waals surface area contributed by atoms with E-state index in [1.165, 1.54) is 11.8 Å². The van der Waals surface area contributed by atoms with E-state index in [0.717, 1.165) is 43.3 Å². The Kier molecular flexibility index (Phi) is 5.14. The van der Waals surface area contributed by atoms with E-state index < -0.39 is 0 Å². The quantitative estimate of drug-likeness (QED) is 0.659. The second-order valence-electron chi connectivity index (χ2n) is 5.01. The molecule has 0 aromatic heterocycles. The summed E-state index contributed by atoms with van der Waals surface area (Å²) >= 11 is 1.34. The summed E-state index contributed by atoms with van der Waals surface area (Å²) in [6, 6.07) is 5.98. The van der Waals surface area contributed by atoms with Gasteiger partial charge in [0.1, 0.15) is 5.75 Å². The molecule has 2 fully saturated rings. The van der Waals surface area contributed by atoms with E-state index >= 15 is 0 Å². The highest BCUT2D eigenvalue weighted by Crippen LogP contribution is 2.25. The molecule has 7 nitrogen and oxygen atoms in total. The maximum absolute atomic E-state index is 11.1. The van der Waals surface area contributed by atoms with E-state index in [0.29, 0.717) is 10.9 Å². The van der Waals surface area contributed by atoms with Crippen molar-refractivity contribution in [2.75, 3.05) is 44.1 Å². The van der Waals surface area contributed by atoms with Crippen LogP contribution in [0.5, 0.6) is 5.75 Å². The summed E-state index contributed by atoms with van der Waals surface area (Å²) in [7, 11) is 1.63. The number of carbonyl (C=O) groups excluding carboxylic acids is 1. The first-order valence-corrected chi connectivity index (χ1v) is 8.29. The third kappa shape index (κ3) is 4.02. The van der Waals surface area contributed by atoms with Crippen molar-refractivity contribution in [3.8, 4) is 5.75 Å². The highest BCUT2D eigenvalue weighted by Gasteiger charge is 2.16. The van der Waals surface area contributed by atoms with E-state index in [9.17, 15) is 4.79 Å². The molecule has 0 unspecified atom stereocenters. The van der Waals surface area contributed by atoms with E-state index in [2.05, 4.69) is 20.4 Å². The summed E-state index contributed by atoms with van der Waals surface area (Å²) in [6.07, 6.45) is 1.62. The molecule has 8 heteroatoms. The monoisotopic (exact) mass is 334 g/mol. The second-order valence-corrected chi connectivity index (χ2v) is 5.98. The van der Waals surface area contributed by atoms with Gasteiger partial charge in [0.05, 0.1) is 32.3 Å². The van der Waals surface area contributed by atoms with Gasteiger partial charge in [0, 0.05) is 30.4 Å². The Labute approximate surface area is 138 Å². The molecule has 23 heavy (non-hydrogen) atoms. The Morgan fingerprint density at radius 2 is 2.22 bits per heavy atom. The molecule has 3 rings (SSSR count). The van der Waals surface area contributed by atoms with Crippen LogP contribution >= 0.6 is 11.8 Å². The summed E-state index contributed by atoms with van der Waals surface area (Å²) in [5.74, 6) is 1.09. The molecule has 1 amide bonds. The van der Waals surface area contributed by atoms with Crippen LogP contribution in [0.25, 0.3) is 0 Å². The van der Waals surface area contributed by atoms with E-state index in [4.69, 9.17) is 9.47 Å². The molecule has 0 aliphatic carbocycles. The van der Waals surface area contributed by atoms with Crippen molar-refractivity contribution in [3.63, 3.8) is 0 Å². The Balaban J connectivity index is 1.73. The first-order valence-electron chi connectivity index (χ1n) is 7.30. The summed E-state index contributed by atoms with van der Waals surface area (Å²) < 4.78 is 10.8. The lowest BCUT2D eigenvalue weighted by molar-refractivity contribution is -0.116. The van der Waals surface area contributed by atoms with Gasteiger partial charge in [-0.05, 0) is 12.1 Å². The molecule has 1 aromatic rings. The van der Waals surface area contributed by atoms with Crippen LogP contribution in [-0.4, -0.2) is 56.5 Å². The van der Waals surface area contributed by atoms with Crippen LogP contribution in [0, 0.1) is 0 Å². The highest BCUT2D eigenvalue weighted by atomic mass is 32.2. The van der Waals surface area contributed by atoms with Crippen molar-refractivity contribution in [2.24, 2.45) is 10.2 Å². The normalized spacial score (nSPS) is 20.3. The Morgan fingerprint density at radius 1 is 1.39 bits per heavy atom. The Bertz CT molecular complexity index is 642. The second kappa shape index (κ2) is 7.47.